The third-order valence-electron chi connectivity index (χ3n) is 14.4. The molecule has 5 heteroatoms. The van der Waals surface area contributed by atoms with Gasteiger partial charge in [0.15, 0.2) is 0 Å². The predicted octanol–water partition coefficient (Wildman–Crippen LogP) is 7.58. The summed E-state index contributed by atoms with van der Waals surface area (Å²) in [5.74, 6) is 1.03. The number of hydrogen-bond donors (Lipinski definition) is 2. The number of rotatable bonds is 5. The zero-order valence-electron chi connectivity index (χ0n) is 26.1. The maximum absolute atomic E-state index is 12.6. The Kier molecular flexibility index (Phi) is 7.25. The van der Waals surface area contributed by atoms with E-state index in [1.54, 1.807) is 0 Å². The highest BCUT2D eigenvalue weighted by Crippen LogP contribution is 2.77. The fraction of sp³-hybridized carbons (Fsp3) is 0.829. The summed E-state index contributed by atoms with van der Waals surface area (Å²) in [6, 6.07) is 0. The SMILES string of the molecule is C=C(C)[C@@H]1CC[C@]2(COC(=O)/C=C(\C)C(=O)O)CC[C@]3(C)[C@H](CC[C@@H]4[C@@]5(C)CC[C@H](O)C(C)(C)[C@@H]5CC[C@]43C)[C@@H]12. The number of aliphatic hydroxyl groups excluding tert-OH is 1. The number of ether oxygens (including phenoxy) is 1. The molecular formula is C35H54O5. The molecule has 0 aromatic carbocycles. The normalized spacial score (nSPS) is 47.8. The van der Waals surface area contributed by atoms with Crippen molar-refractivity contribution in [3.05, 3.63) is 23.8 Å². The minimum absolute atomic E-state index is 0.00950. The molecule has 0 aromatic rings. The van der Waals surface area contributed by atoms with Crippen LogP contribution in [-0.2, 0) is 14.3 Å². The summed E-state index contributed by atoms with van der Waals surface area (Å²) in [5.41, 5.74) is 1.87. The van der Waals surface area contributed by atoms with Crippen LogP contribution in [0.3, 0.4) is 0 Å². The van der Waals surface area contributed by atoms with Crippen molar-refractivity contribution in [3.8, 4) is 0 Å². The van der Waals surface area contributed by atoms with E-state index in [2.05, 4.69) is 48.1 Å². The van der Waals surface area contributed by atoms with Crippen LogP contribution in [0.15, 0.2) is 23.8 Å². The first-order chi connectivity index (χ1) is 18.5. The first kappa shape index (κ1) is 29.9. The second-order valence-corrected chi connectivity index (χ2v) is 16.2. The molecule has 5 rings (SSSR count). The summed E-state index contributed by atoms with van der Waals surface area (Å²) < 4.78 is 5.87. The van der Waals surface area contributed by atoms with Crippen LogP contribution in [-0.4, -0.2) is 34.9 Å². The van der Waals surface area contributed by atoms with Gasteiger partial charge in [-0.05, 0) is 129 Å². The molecule has 0 saturated heterocycles. The highest BCUT2D eigenvalue weighted by atomic mass is 16.5. The van der Waals surface area contributed by atoms with E-state index in [0.717, 1.165) is 44.6 Å². The van der Waals surface area contributed by atoms with Crippen LogP contribution in [0.25, 0.3) is 0 Å². The summed E-state index contributed by atoms with van der Waals surface area (Å²) in [6.45, 7) is 20.9. The van der Waals surface area contributed by atoms with Crippen LogP contribution < -0.4 is 0 Å². The fourth-order valence-electron chi connectivity index (χ4n) is 12.0. The highest BCUT2D eigenvalue weighted by molar-refractivity contribution is 5.94. The van der Waals surface area contributed by atoms with E-state index < -0.39 is 11.9 Å². The average Bonchev–Trinajstić information content (AvgIpc) is 3.26. The molecule has 0 heterocycles. The molecule has 5 saturated carbocycles. The molecule has 0 bridgehead atoms. The van der Waals surface area contributed by atoms with Gasteiger partial charge in [-0.2, -0.15) is 0 Å². The third kappa shape index (κ3) is 4.10. The van der Waals surface area contributed by atoms with Gasteiger partial charge in [0, 0.05) is 17.1 Å². The Morgan fingerprint density at radius 3 is 2.23 bits per heavy atom. The van der Waals surface area contributed by atoms with E-state index in [0.29, 0.717) is 36.2 Å². The number of carbonyl (C=O) groups excluding carboxylic acids is 1. The van der Waals surface area contributed by atoms with E-state index >= 15 is 0 Å². The van der Waals surface area contributed by atoms with Crippen molar-refractivity contribution in [2.45, 2.75) is 119 Å². The number of esters is 1. The zero-order chi connectivity index (χ0) is 29.5. The Bertz CT molecular complexity index is 1110. The van der Waals surface area contributed by atoms with Gasteiger partial charge < -0.3 is 14.9 Å². The first-order valence-corrected chi connectivity index (χ1v) is 16.0. The van der Waals surface area contributed by atoms with E-state index in [4.69, 9.17) is 4.74 Å². The molecule has 224 valence electrons. The van der Waals surface area contributed by atoms with Crippen LogP contribution in [0.4, 0.5) is 0 Å². The van der Waals surface area contributed by atoms with Gasteiger partial charge in [0.25, 0.3) is 0 Å². The van der Waals surface area contributed by atoms with Crippen molar-refractivity contribution in [2.24, 2.45) is 56.7 Å². The smallest absolute Gasteiger partial charge is 0.331 e. The maximum atomic E-state index is 12.6. The Hall–Kier alpha value is -1.62. The Morgan fingerprint density at radius 2 is 1.57 bits per heavy atom. The average molecular weight is 555 g/mol. The minimum atomic E-state index is -1.09. The number of aliphatic hydroxyl groups is 1. The Labute approximate surface area is 242 Å². The molecule has 40 heavy (non-hydrogen) atoms. The molecule has 0 aromatic heterocycles. The molecule has 0 amide bonds. The number of hydrogen-bond acceptors (Lipinski definition) is 4. The van der Waals surface area contributed by atoms with Gasteiger partial charge in [0.05, 0.1) is 12.7 Å². The highest BCUT2D eigenvalue weighted by Gasteiger charge is 2.71. The van der Waals surface area contributed by atoms with Crippen molar-refractivity contribution in [2.75, 3.05) is 6.61 Å². The number of carboxylic acid groups (broad SMARTS) is 1. The Balaban J connectivity index is 1.47. The second-order valence-electron chi connectivity index (χ2n) is 16.2. The maximum Gasteiger partial charge on any atom is 0.331 e. The van der Waals surface area contributed by atoms with Crippen LogP contribution in [0.5, 0.6) is 0 Å². The Morgan fingerprint density at radius 1 is 0.875 bits per heavy atom. The van der Waals surface area contributed by atoms with Crippen molar-refractivity contribution in [1.29, 1.82) is 0 Å². The van der Waals surface area contributed by atoms with E-state index in [-0.39, 0.29) is 38.8 Å². The van der Waals surface area contributed by atoms with E-state index in [9.17, 15) is 19.8 Å². The van der Waals surface area contributed by atoms with Crippen molar-refractivity contribution < 1.29 is 24.5 Å². The van der Waals surface area contributed by atoms with Crippen molar-refractivity contribution in [1.82, 2.24) is 0 Å². The van der Waals surface area contributed by atoms with Crippen LogP contribution in [0, 0.1) is 56.7 Å². The monoisotopic (exact) mass is 554 g/mol. The number of carboxylic acids is 1. The molecular weight excluding hydrogens is 500 g/mol. The lowest BCUT2D eigenvalue weighted by Crippen LogP contribution is -2.66. The van der Waals surface area contributed by atoms with Gasteiger partial charge in [-0.25, -0.2) is 9.59 Å². The third-order valence-corrected chi connectivity index (χ3v) is 14.4. The van der Waals surface area contributed by atoms with Crippen LogP contribution >= 0.6 is 0 Å². The van der Waals surface area contributed by atoms with Crippen LogP contribution in [0.2, 0.25) is 0 Å². The van der Waals surface area contributed by atoms with Gasteiger partial charge in [0.1, 0.15) is 0 Å². The fourth-order valence-corrected chi connectivity index (χ4v) is 12.0. The standard InChI is InChI=1S/C35H54O5/c1-21(2)23-11-16-35(20-40-28(37)19-22(3)30(38)39)18-17-33(7)24(29(23)35)9-10-26-32(6)14-13-27(36)31(4,5)25(32)12-15-34(26,33)8/h19,23-27,29,36H,1,9-18,20H2,2-8H3,(H,38,39)/b22-19+/t23-,24+,25-,26+,27-,29+,32-,33+,34+,35+/m0/s1. The molecule has 5 aliphatic carbocycles. The first-order valence-electron chi connectivity index (χ1n) is 16.0. The lowest BCUT2D eigenvalue weighted by atomic mass is 9.32. The molecule has 5 aliphatic rings. The molecule has 5 fully saturated rings. The summed E-state index contributed by atoms with van der Waals surface area (Å²) in [5, 5.41) is 20.2. The number of carbonyl (C=O) groups is 2. The molecule has 0 unspecified atom stereocenters. The van der Waals surface area contributed by atoms with Crippen LogP contribution in [0.1, 0.15) is 113 Å². The lowest BCUT2D eigenvalue weighted by Gasteiger charge is -2.73. The summed E-state index contributed by atoms with van der Waals surface area (Å²) >= 11 is 0. The number of allylic oxidation sites excluding steroid dienone is 1. The van der Waals surface area contributed by atoms with Gasteiger partial charge in [-0.15, -0.1) is 0 Å². The van der Waals surface area contributed by atoms with Gasteiger partial charge >= 0.3 is 11.9 Å². The zero-order valence-corrected chi connectivity index (χ0v) is 26.1. The van der Waals surface area contributed by atoms with Gasteiger partial charge in [-0.3, -0.25) is 0 Å². The van der Waals surface area contributed by atoms with Gasteiger partial charge in [0.2, 0.25) is 0 Å². The number of fused-ring (bicyclic) bond motifs is 7. The summed E-state index contributed by atoms with van der Waals surface area (Å²) in [7, 11) is 0. The largest absolute Gasteiger partial charge is 0.478 e. The summed E-state index contributed by atoms with van der Waals surface area (Å²) in [4.78, 5) is 23.9. The van der Waals surface area contributed by atoms with Gasteiger partial charge in [-0.1, -0.05) is 46.8 Å². The van der Waals surface area contributed by atoms with E-state index in [1.165, 1.54) is 38.2 Å². The van der Waals surface area contributed by atoms with Crippen molar-refractivity contribution >= 4 is 11.9 Å². The lowest BCUT2D eigenvalue weighted by molar-refractivity contribution is -0.249. The minimum Gasteiger partial charge on any atom is -0.478 e. The van der Waals surface area contributed by atoms with E-state index in [1.807, 2.05) is 0 Å². The predicted molar refractivity (Wildman–Crippen MR) is 157 cm³/mol. The quantitative estimate of drug-likeness (QED) is 0.208. The second kappa shape index (κ2) is 9.71. The number of aliphatic carboxylic acids is 1. The molecule has 0 aliphatic heterocycles. The molecule has 2 N–H and O–H groups in total. The topological polar surface area (TPSA) is 83.8 Å². The molecule has 5 nitrogen and oxygen atoms in total. The molecule has 10 atom stereocenters. The molecule has 0 radical (unpaired) electrons. The van der Waals surface area contributed by atoms with Crippen molar-refractivity contribution in [3.63, 3.8) is 0 Å². The molecule has 0 spiro atoms. The summed E-state index contributed by atoms with van der Waals surface area (Å²) in [6.07, 6.45) is 12.2.